The Kier molecular flexibility index (Phi) is 3.12. The summed E-state index contributed by atoms with van der Waals surface area (Å²) in [7, 11) is 0. The zero-order valence-corrected chi connectivity index (χ0v) is 8.23. The van der Waals surface area contributed by atoms with Gasteiger partial charge in [-0.1, -0.05) is 30.7 Å². The first-order valence-electron chi connectivity index (χ1n) is 4.16. The molecule has 1 rings (SSSR count). The van der Waals surface area contributed by atoms with Crippen LogP contribution in [0.4, 0.5) is 0 Å². The molecule has 0 spiro atoms. The Morgan fingerprint density at radius 1 is 1.50 bits per heavy atom. The zero-order chi connectivity index (χ0) is 9.14. The molecule has 0 aliphatic rings. The Hall–Kier alpha value is -0.530. The van der Waals surface area contributed by atoms with Crippen LogP contribution in [-0.4, -0.2) is 0 Å². The average molecular weight is 184 g/mol. The molecular formula is C10H14ClN. The van der Waals surface area contributed by atoms with E-state index in [9.17, 15) is 0 Å². The summed E-state index contributed by atoms with van der Waals surface area (Å²) < 4.78 is 0. The third kappa shape index (κ3) is 1.99. The lowest BCUT2D eigenvalue weighted by atomic mass is 10.0. The van der Waals surface area contributed by atoms with Gasteiger partial charge < -0.3 is 5.73 Å². The lowest BCUT2D eigenvalue weighted by molar-refractivity contribution is 0.699. The van der Waals surface area contributed by atoms with Crippen LogP contribution in [0.3, 0.4) is 0 Å². The molecule has 1 unspecified atom stereocenters. The van der Waals surface area contributed by atoms with Crippen molar-refractivity contribution in [2.45, 2.75) is 26.3 Å². The highest BCUT2D eigenvalue weighted by Crippen LogP contribution is 2.24. The van der Waals surface area contributed by atoms with Crippen molar-refractivity contribution >= 4 is 11.6 Å². The number of halogens is 1. The summed E-state index contributed by atoms with van der Waals surface area (Å²) in [4.78, 5) is 0. The van der Waals surface area contributed by atoms with Crippen molar-refractivity contribution in [3.8, 4) is 0 Å². The van der Waals surface area contributed by atoms with E-state index in [0.717, 1.165) is 17.0 Å². The summed E-state index contributed by atoms with van der Waals surface area (Å²) in [6.45, 7) is 4.08. The SMILES string of the molecule is CCC(N)c1ccc(C)cc1Cl. The highest BCUT2D eigenvalue weighted by molar-refractivity contribution is 6.31. The van der Waals surface area contributed by atoms with Crippen molar-refractivity contribution in [2.24, 2.45) is 5.73 Å². The summed E-state index contributed by atoms with van der Waals surface area (Å²) in [5.74, 6) is 0. The molecule has 2 heteroatoms. The fraction of sp³-hybridized carbons (Fsp3) is 0.400. The standard InChI is InChI=1S/C10H14ClN/c1-3-10(12)8-5-4-7(2)6-9(8)11/h4-6,10H,3,12H2,1-2H3. The van der Waals surface area contributed by atoms with Gasteiger partial charge in [-0.05, 0) is 30.5 Å². The summed E-state index contributed by atoms with van der Waals surface area (Å²) in [5.41, 5.74) is 8.08. The molecule has 0 fully saturated rings. The molecule has 1 nitrogen and oxygen atoms in total. The van der Waals surface area contributed by atoms with E-state index in [1.807, 2.05) is 25.1 Å². The quantitative estimate of drug-likeness (QED) is 0.750. The normalized spacial score (nSPS) is 13.0. The molecule has 0 bridgehead atoms. The van der Waals surface area contributed by atoms with Crippen LogP contribution in [0, 0.1) is 6.92 Å². The van der Waals surface area contributed by atoms with Gasteiger partial charge in [0.2, 0.25) is 0 Å². The molecule has 1 atom stereocenters. The first-order valence-corrected chi connectivity index (χ1v) is 4.54. The first kappa shape index (κ1) is 9.56. The van der Waals surface area contributed by atoms with Gasteiger partial charge in [0, 0.05) is 11.1 Å². The predicted octanol–water partition coefficient (Wildman–Crippen LogP) is 3.06. The molecule has 2 N–H and O–H groups in total. The van der Waals surface area contributed by atoms with Crippen LogP contribution in [0.2, 0.25) is 5.02 Å². The van der Waals surface area contributed by atoms with E-state index < -0.39 is 0 Å². The Labute approximate surface area is 78.5 Å². The van der Waals surface area contributed by atoms with E-state index >= 15 is 0 Å². The minimum Gasteiger partial charge on any atom is -0.324 e. The monoisotopic (exact) mass is 183 g/mol. The van der Waals surface area contributed by atoms with Crippen molar-refractivity contribution in [3.63, 3.8) is 0 Å². The lowest BCUT2D eigenvalue weighted by Gasteiger charge is -2.11. The van der Waals surface area contributed by atoms with E-state index in [1.165, 1.54) is 5.56 Å². The maximum atomic E-state index is 6.02. The van der Waals surface area contributed by atoms with Crippen LogP contribution in [0.15, 0.2) is 18.2 Å². The molecule has 0 saturated heterocycles. The van der Waals surface area contributed by atoms with Crippen LogP contribution in [0.25, 0.3) is 0 Å². The lowest BCUT2D eigenvalue weighted by Crippen LogP contribution is -2.09. The molecule has 0 aliphatic carbocycles. The van der Waals surface area contributed by atoms with Crippen LogP contribution in [-0.2, 0) is 0 Å². The van der Waals surface area contributed by atoms with Crippen LogP contribution in [0.5, 0.6) is 0 Å². The van der Waals surface area contributed by atoms with E-state index in [4.69, 9.17) is 17.3 Å². The topological polar surface area (TPSA) is 26.0 Å². The van der Waals surface area contributed by atoms with Gasteiger partial charge in [0.25, 0.3) is 0 Å². The molecule has 0 heterocycles. The maximum Gasteiger partial charge on any atom is 0.0456 e. The Balaban J connectivity index is 3.01. The molecule has 0 radical (unpaired) electrons. The third-order valence-corrected chi connectivity index (χ3v) is 2.32. The molecule has 66 valence electrons. The van der Waals surface area contributed by atoms with Gasteiger partial charge in [0.1, 0.15) is 0 Å². The van der Waals surface area contributed by atoms with E-state index in [0.29, 0.717) is 0 Å². The Morgan fingerprint density at radius 3 is 2.67 bits per heavy atom. The zero-order valence-electron chi connectivity index (χ0n) is 7.47. The van der Waals surface area contributed by atoms with Gasteiger partial charge in [-0.3, -0.25) is 0 Å². The van der Waals surface area contributed by atoms with E-state index in [-0.39, 0.29) is 6.04 Å². The number of hydrogen-bond donors (Lipinski definition) is 1. The molecule has 0 saturated carbocycles. The summed E-state index contributed by atoms with van der Waals surface area (Å²) in [6, 6.07) is 6.06. The molecule has 0 amide bonds. The van der Waals surface area contributed by atoms with Gasteiger partial charge in [0.15, 0.2) is 0 Å². The first-order chi connectivity index (χ1) is 5.65. The van der Waals surface area contributed by atoms with Crippen molar-refractivity contribution in [1.29, 1.82) is 0 Å². The van der Waals surface area contributed by atoms with Crippen LogP contribution >= 0.6 is 11.6 Å². The minimum absolute atomic E-state index is 0.0677. The fourth-order valence-corrected chi connectivity index (χ4v) is 1.53. The van der Waals surface area contributed by atoms with Crippen molar-refractivity contribution in [2.75, 3.05) is 0 Å². The molecule has 1 aromatic rings. The largest absolute Gasteiger partial charge is 0.324 e. The Bertz CT molecular complexity index is 271. The summed E-state index contributed by atoms with van der Waals surface area (Å²) in [6.07, 6.45) is 0.919. The predicted molar refractivity (Wildman–Crippen MR) is 53.4 cm³/mol. The van der Waals surface area contributed by atoms with E-state index in [1.54, 1.807) is 0 Å². The second-order valence-electron chi connectivity index (χ2n) is 3.04. The van der Waals surface area contributed by atoms with Gasteiger partial charge in [0.05, 0.1) is 0 Å². The molecule has 12 heavy (non-hydrogen) atoms. The average Bonchev–Trinajstić information content (AvgIpc) is 2.03. The molecule has 1 aromatic carbocycles. The van der Waals surface area contributed by atoms with Crippen molar-refractivity contribution < 1.29 is 0 Å². The Morgan fingerprint density at radius 2 is 2.17 bits per heavy atom. The van der Waals surface area contributed by atoms with Crippen LogP contribution in [0.1, 0.15) is 30.5 Å². The second-order valence-corrected chi connectivity index (χ2v) is 3.45. The molecule has 0 aliphatic heterocycles. The summed E-state index contributed by atoms with van der Waals surface area (Å²) in [5, 5.41) is 0.782. The highest BCUT2D eigenvalue weighted by atomic mass is 35.5. The fourth-order valence-electron chi connectivity index (χ4n) is 1.15. The van der Waals surface area contributed by atoms with E-state index in [2.05, 4.69) is 6.92 Å². The third-order valence-electron chi connectivity index (χ3n) is 2.00. The van der Waals surface area contributed by atoms with Gasteiger partial charge in [-0.25, -0.2) is 0 Å². The van der Waals surface area contributed by atoms with Crippen molar-refractivity contribution in [3.05, 3.63) is 34.3 Å². The number of hydrogen-bond acceptors (Lipinski definition) is 1. The van der Waals surface area contributed by atoms with Gasteiger partial charge in [-0.2, -0.15) is 0 Å². The number of benzene rings is 1. The van der Waals surface area contributed by atoms with Gasteiger partial charge in [-0.15, -0.1) is 0 Å². The molecule has 0 aromatic heterocycles. The maximum absolute atomic E-state index is 6.02. The number of aryl methyl sites for hydroxylation is 1. The summed E-state index contributed by atoms with van der Waals surface area (Å²) >= 11 is 6.02. The number of nitrogens with two attached hydrogens (primary N) is 1. The van der Waals surface area contributed by atoms with Crippen LogP contribution < -0.4 is 5.73 Å². The minimum atomic E-state index is 0.0677. The second kappa shape index (κ2) is 3.92. The number of rotatable bonds is 2. The van der Waals surface area contributed by atoms with Crippen molar-refractivity contribution in [1.82, 2.24) is 0 Å². The van der Waals surface area contributed by atoms with Gasteiger partial charge >= 0.3 is 0 Å². The smallest absolute Gasteiger partial charge is 0.0456 e. The molecular weight excluding hydrogens is 170 g/mol. The highest BCUT2D eigenvalue weighted by Gasteiger charge is 2.06.